The van der Waals surface area contributed by atoms with Gasteiger partial charge in [-0.2, -0.15) is 15.2 Å². The molecule has 0 radical (unpaired) electrons. The van der Waals surface area contributed by atoms with Crippen molar-refractivity contribution in [2.75, 3.05) is 29.3 Å². The van der Waals surface area contributed by atoms with Crippen molar-refractivity contribution in [2.24, 2.45) is 33.9 Å². The molecule has 5 aromatic rings. The standard InChI is InChI=1S/C48H44N6O5/c1-28-10-13-34(14-11-28)51-54-45(57)40-27-39-37(43(30-12-25-41(55)29(2)26-30)48(40,47(54)59)31-8-6-5-7-9-31)23-24-38-42(39)46(58)53(44(38)56)36-21-17-33(18-22-36)50-49-32-15-19-35(20-16-32)52(3)4/h5-23,25-26,38-40,42-43,51,55H,24,27H2,1-4H3/t38-,39+,40-,42-,43-,48+/m0/s1. The Morgan fingerprint density at radius 2 is 1.41 bits per heavy atom. The summed E-state index contributed by atoms with van der Waals surface area (Å²) in [5, 5.41) is 20.5. The van der Waals surface area contributed by atoms with Gasteiger partial charge in [0.15, 0.2) is 0 Å². The van der Waals surface area contributed by atoms with Crippen molar-refractivity contribution < 1.29 is 24.3 Å². The first-order valence-corrected chi connectivity index (χ1v) is 19.9. The molecule has 5 aromatic carbocycles. The quantitative estimate of drug-likeness (QED) is 0.0914. The van der Waals surface area contributed by atoms with Gasteiger partial charge in [0.1, 0.15) is 5.75 Å². The zero-order valence-electron chi connectivity index (χ0n) is 33.2. The van der Waals surface area contributed by atoms with Crippen LogP contribution in [0.15, 0.2) is 143 Å². The average molecular weight is 785 g/mol. The lowest BCUT2D eigenvalue weighted by molar-refractivity contribution is -0.138. The zero-order valence-corrected chi connectivity index (χ0v) is 33.2. The topological polar surface area (TPSA) is 135 Å². The second-order valence-corrected chi connectivity index (χ2v) is 16.3. The summed E-state index contributed by atoms with van der Waals surface area (Å²) in [5.74, 6) is -4.76. The molecule has 0 unspecified atom stereocenters. The number of hydrogen-bond acceptors (Lipinski definition) is 9. The van der Waals surface area contributed by atoms with Crippen LogP contribution in [-0.4, -0.2) is 47.8 Å². The number of carbonyl (C=O) groups is 4. The molecule has 296 valence electrons. The Hall–Kier alpha value is -6.88. The summed E-state index contributed by atoms with van der Waals surface area (Å²) in [6.45, 7) is 3.77. The molecule has 4 aliphatic rings. The van der Waals surface area contributed by atoms with Crippen LogP contribution < -0.4 is 15.2 Å². The number of fused-ring (bicyclic) bond motifs is 4. The van der Waals surface area contributed by atoms with Crippen molar-refractivity contribution in [1.82, 2.24) is 5.01 Å². The Kier molecular flexibility index (Phi) is 9.26. The Morgan fingerprint density at radius 1 is 0.746 bits per heavy atom. The molecular weight excluding hydrogens is 741 g/mol. The van der Waals surface area contributed by atoms with Crippen molar-refractivity contribution in [3.05, 3.63) is 155 Å². The van der Waals surface area contributed by atoms with Gasteiger partial charge in [0, 0.05) is 25.7 Å². The molecule has 3 fully saturated rings. The predicted octanol–water partition coefficient (Wildman–Crippen LogP) is 8.68. The van der Waals surface area contributed by atoms with Crippen LogP contribution in [0.5, 0.6) is 5.75 Å². The Bertz CT molecular complexity index is 2550. The Balaban J connectivity index is 1.10. The van der Waals surface area contributed by atoms with Crippen LogP contribution in [-0.2, 0) is 24.6 Å². The van der Waals surface area contributed by atoms with Crippen LogP contribution in [0.2, 0.25) is 0 Å². The normalized spacial score (nSPS) is 24.9. The number of allylic oxidation sites excluding steroid dienone is 2. The zero-order chi connectivity index (χ0) is 41.2. The maximum Gasteiger partial charge on any atom is 0.260 e. The number of phenolic OH excluding ortho intramolecular Hbond substituents is 1. The van der Waals surface area contributed by atoms with Gasteiger partial charge in [0.2, 0.25) is 11.8 Å². The van der Waals surface area contributed by atoms with E-state index in [-0.39, 0.29) is 24.0 Å². The molecule has 0 spiro atoms. The van der Waals surface area contributed by atoms with E-state index in [1.165, 1.54) is 4.90 Å². The molecule has 11 nitrogen and oxygen atoms in total. The molecule has 11 heteroatoms. The summed E-state index contributed by atoms with van der Waals surface area (Å²) in [6.07, 6.45) is 2.53. The number of nitrogens with zero attached hydrogens (tertiary/aromatic N) is 5. The molecule has 0 aromatic heterocycles. The van der Waals surface area contributed by atoms with E-state index in [1.807, 2.05) is 123 Å². The van der Waals surface area contributed by atoms with Gasteiger partial charge in [0.25, 0.3) is 11.8 Å². The fourth-order valence-corrected chi connectivity index (χ4v) is 9.84. The molecule has 0 bridgehead atoms. The number of aryl methyl sites for hydroxylation is 2. The molecule has 9 rings (SSSR count). The molecule has 2 heterocycles. The maximum absolute atomic E-state index is 15.3. The first kappa shape index (κ1) is 37.7. The van der Waals surface area contributed by atoms with E-state index in [1.54, 1.807) is 37.3 Å². The number of nitrogens with one attached hydrogen (secondary N) is 1. The lowest BCUT2D eigenvalue weighted by Crippen LogP contribution is -2.53. The fourth-order valence-electron chi connectivity index (χ4n) is 9.84. The fraction of sp³-hybridized carbons (Fsp3) is 0.250. The second kappa shape index (κ2) is 14.5. The van der Waals surface area contributed by atoms with E-state index in [0.29, 0.717) is 40.3 Å². The number of phenols is 1. The number of benzene rings is 5. The summed E-state index contributed by atoms with van der Waals surface area (Å²) < 4.78 is 0. The molecule has 1 saturated carbocycles. The summed E-state index contributed by atoms with van der Waals surface area (Å²) in [5.41, 5.74) is 9.02. The number of hydrazine groups is 1. The predicted molar refractivity (Wildman–Crippen MR) is 226 cm³/mol. The van der Waals surface area contributed by atoms with E-state index in [4.69, 9.17) is 0 Å². The molecule has 2 aliphatic carbocycles. The van der Waals surface area contributed by atoms with E-state index in [2.05, 4.69) is 15.7 Å². The van der Waals surface area contributed by atoms with Crippen molar-refractivity contribution in [1.29, 1.82) is 0 Å². The number of anilines is 3. The Labute approximate surface area is 342 Å². The van der Waals surface area contributed by atoms with Gasteiger partial charge in [-0.25, -0.2) is 0 Å². The monoisotopic (exact) mass is 784 g/mol. The number of aromatic hydroxyl groups is 1. The highest BCUT2D eigenvalue weighted by atomic mass is 16.3. The minimum Gasteiger partial charge on any atom is -0.508 e. The lowest BCUT2D eigenvalue weighted by atomic mass is 9.49. The van der Waals surface area contributed by atoms with Gasteiger partial charge in [0.05, 0.1) is 45.9 Å². The van der Waals surface area contributed by atoms with Gasteiger partial charge in [-0.05, 0) is 116 Å². The molecule has 6 atom stereocenters. The van der Waals surface area contributed by atoms with Crippen LogP contribution in [0.1, 0.15) is 41.0 Å². The van der Waals surface area contributed by atoms with Gasteiger partial charge in [-0.3, -0.25) is 29.5 Å². The first-order valence-electron chi connectivity index (χ1n) is 19.9. The van der Waals surface area contributed by atoms with Crippen molar-refractivity contribution in [2.45, 2.75) is 38.0 Å². The van der Waals surface area contributed by atoms with E-state index >= 15 is 4.79 Å². The molecule has 59 heavy (non-hydrogen) atoms. The summed E-state index contributed by atoms with van der Waals surface area (Å²) in [4.78, 5) is 62.6. The van der Waals surface area contributed by atoms with Crippen molar-refractivity contribution >= 4 is 52.1 Å². The third kappa shape index (κ3) is 6.11. The van der Waals surface area contributed by atoms with Crippen LogP contribution >= 0.6 is 0 Å². The van der Waals surface area contributed by atoms with E-state index in [9.17, 15) is 19.5 Å². The van der Waals surface area contributed by atoms with Crippen LogP contribution in [0.25, 0.3) is 0 Å². The number of amides is 4. The first-order chi connectivity index (χ1) is 28.5. The molecule has 4 amide bonds. The van der Waals surface area contributed by atoms with Gasteiger partial charge in [-0.1, -0.05) is 71.8 Å². The number of rotatable bonds is 8. The number of azo groups is 1. The van der Waals surface area contributed by atoms with E-state index < -0.39 is 46.8 Å². The van der Waals surface area contributed by atoms with Crippen molar-refractivity contribution in [3.8, 4) is 5.75 Å². The summed E-state index contributed by atoms with van der Waals surface area (Å²) in [6, 6.07) is 36.8. The third-order valence-electron chi connectivity index (χ3n) is 12.7. The minimum absolute atomic E-state index is 0.110. The number of carbonyl (C=O) groups excluding carboxylic acids is 4. The minimum atomic E-state index is -1.39. The molecule has 2 saturated heterocycles. The van der Waals surface area contributed by atoms with Gasteiger partial charge < -0.3 is 10.0 Å². The molecule has 2 N–H and O–H groups in total. The smallest absolute Gasteiger partial charge is 0.260 e. The van der Waals surface area contributed by atoms with Crippen LogP contribution in [0, 0.1) is 37.5 Å². The molecule has 2 aliphatic heterocycles. The lowest BCUT2D eigenvalue weighted by Gasteiger charge is -2.50. The second-order valence-electron chi connectivity index (χ2n) is 16.3. The highest BCUT2D eigenvalue weighted by molar-refractivity contribution is 6.22. The van der Waals surface area contributed by atoms with Crippen LogP contribution in [0.4, 0.5) is 28.4 Å². The van der Waals surface area contributed by atoms with Gasteiger partial charge in [-0.15, -0.1) is 0 Å². The summed E-state index contributed by atoms with van der Waals surface area (Å²) >= 11 is 0. The van der Waals surface area contributed by atoms with E-state index in [0.717, 1.165) is 27.4 Å². The highest BCUT2D eigenvalue weighted by Crippen LogP contribution is 2.64. The number of imide groups is 2. The SMILES string of the molecule is Cc1ccc(NN2C(=O)[C@@H]3C[C@@H]4C(=CC[C@@H]5C(=O)N(c6ccc(N=Nc7ccc(N(C)C)cc7)cc6)C(=O)[C@@H]54)[C@H](c4ccc(O)c(C)c4)[C@]3(c3ccccc3)C2=O)cc1. The maximum atomic E-state index is 15.3. The largest absolute Gasteiger partial charge is 0.508 e. The van der Waals surface area contributed by atoms with Crippen molar-refractivity contribution in [3.63, 3.8) is 0 Å². The highest BCUT2D eigenvalue weighted by Gasteiger charge is 2.70. The third-order valence-corrected chi connectivity index (χ3v) is 12.7. The summed E-state index contributed by atoms with van der Waals surface area (Å²) in [7, 11) is 3.94. The number of hydrogen-bond donors (Lipinski definition) is 2. The van der Waals surface area contributed by atoms with Gasteiger partial charge >= 0.3 is 0 Å². The Morgan fingerprint density at radius 3 is 2.05 bits per heavy atom. The van der Waals surface area contributed by atoms with Crippen LogP contribution in [0.3, 0.4) is 0 Å². The average Bonchev–Trinajstić information content (AvgIpc) is 3.63. The molecular formula is C48H44N6O5.